The Morgan fingerprint density at radius 2 is 0.761 bits per heavy atom. The lowest BCUT2D eigenvalue weighted by Crippen LogP contribution is -2.41. The Kier molecular flexibility index (Phi) is 18.6. The number of hydrogen-bond donors (Lipinski definition) is 2. The SMILES string of the molecule is Cl.Cl.O=C(NCCN(CCN(CCNC(=O)OCc1ccccc1)Cc1ccccc1)Cc1ccccc1)OCc1ccccc1. The molecule has 4 aromatic rings. The van der Waals surface area contributed by atoms with Gasteiger partial charge in [-0.1, -0.05) is 121 Å². The van der Waals surface area contributed by atoms with Gasteiger partial charge >= 0.3 is 12.2 Å². The summed E-state index contributed by atoms with van der Waals surface area (Å²) in [5, 5.41) is 5.78. The summed E-state index contributed by atoms with van der Waals surface area (Å²) >= 11 is 0. The van der Waals surface area contributed by atoms with Gasteiger partial charge in [0.05, 0.1) is 0 Å². The smallest absolute Gasteiger partial charge is 0.407 e. The molecule has 46 heavy (non-hydrogen) atoms. The molecule has 4 rings (SSSR count). The van der Waals surface area contributed by atoms with Crippen LogP contribution in [0.4, 0.5) is 9.59 Å². The van der Waals surface area contributed by atoms with Crippen molar-refractivity contribution in [2.75, 3.05) is 39.3 Å². The van der Waals surface area contributed by atoms with Crippen LogP contribution in [0.1, 0.15) is 22.3 Å². The number of hydrogen-bond acceptors (Lipinski definition) is 6. The fourth-order valence-electron chi connectivity index (χ4n) is 4.69. The van der Waals surface area contributed by atoms with E-state index in [0.717, 1.165) is 37.3 Å². The van der Waals surface area contributed by atoms with E-state index in [-0.39, 0.29) is 38.0 Å². The molecule has 0 radical (unpaired) electrons. The van der Waals surface area contributed by atoms with Gasteiger partial charge in [-0.05, 0) is 22.3 Å². The molecule has 4 aromatic carbocycles. The maximum atomic E-state index is 12.3. The minimum atomic E-state index is -0.426. The molecular weight excluding hydrogens is 623 g/mol. The first kappa shape index (κ1) is 38.1. The molecular formula is C36H44Cl2N4O4. The van der Waals surface area contributed by atoms with Gasteiger partial charge in [-0.15, -0.1) is 24.8 Å². The number of carbonyl (C=O) groups excluding carboxylic acids is 2. The zero-order valence-electron chi connectivity index (χ0n) is 26.0. The highest BCUT2D eigenvalue weighted by Gasteiger charge is 2.13. The number of nitrogens with zero attached hydrogens (tertiary/aromatic N) is 2. The number of nitrogens with one attached hydrogen (secondary N) is 2. The molecule has 0 heterocycles. The summed E-state index contributed by atoms with van der Waals surface area (Å²) in [6, 6.07) is 39.9. The van der Waals surface area contributed by atoms with Gasteiger partial charge in [0.15, 0.2) is 0 Å². The number of amides is 2. The summed E-state index contributed by atoms with van der Waals surface area (Å²) < 4.78 is 10.8. The number of rotatable bonds is 17. The molecule has 0 aliphatic carbocycles. The van der Waals surface area contributed by atoms with E-state index in [4.69, 9.17) is 9.47 Å². The van der Waals surface area contributed by atoms with Gasteiger partial charge in [-0.25, -0.2) is 9.59 Å². The Bertz CT molecular complexity index is 1260. The van der Waals surface area contributed by atoms with Crippen LogP contribution in [0.15, 0.2) is 121 Å². The van der Waals surface area contributed by atoms with Crippen molar-refractivity contribution in [1.82, 2.24) is 20.4 Å². The Labute approximate surface area is 284 Å². The molecule has 0 unspecified atom stereocenters. The van der Waals surface area contributed by atoms with Gasteiger partial charge in [0.25, 0.3) is 0 Å². The molecule has 2 amide bonds. The van der Waals surface area contributed by atoms with Gasteiger partial charge in [0, 0.05) is 52.4 Å². The monoisotopic (exact) mass is 666 g/mol. The maximum absolute atomic E-state index is 12.3. The number of alkyl carbamates (subject to hydrolysis) is 2. The highest BCUT2D eigenvalue weighted by atomic mass is 35.5. The molecule has 0 atom stereocenters. The third-order valence-corrected chi connectivity index (χ3v) is 7.05. The van der Waals surface area contributed by atoms with Gasteiger partial charge in [-0.3, -0.25) is 9.80 Å². The van der Waals surface area contributed by atoms with E-state index in [9.17, 15) is 9.59 Å². The molecule has 10 heteroatoms. The second kappa shape index (κ2) is 22.4. The molecule has 8 nitrogen and oxygen atoms in total. The third kappa shape index (κ3) is 15.3. The van der Waals surface area contributed by atoms with Crippen LogP contribution in [0.25, 0.3) is 0 Å². The quantitative estimate of drug-likeness (QED) is 0.131. The minimum Gasteiger partial charge on any atom is -0.445 e. The van der Waals surface area contributed by atoms with E-state index in [0.29, 0.717) is 26.2 Å². The normalized spacial score (nSPS) is 10.4. The Balaban J connectivity index is 0.00000368. The molecule has 0 saturated carbocycles. The molecule has 0 aliphatic heterocycles. The summed E-state index contributed by atoms with van der Waals surface area (Å²) in [5.74, 6) is 0. The molecule has 0 aliphatic rings. The van der Waals surface area contributed by atoms with Gasteiger partial charge in [0.1, 0.15) is 13.2 Å². The standard InChI is InChI=1S/C36H42N4O4.2ClH/c41-35(43-29-33-17-9-3-10-18-33)37-21-23-39(27-31-13-5-1-6-14-31)25-26-40(28-32-15-7-2-8-16-32)24-22-38-36(42)44-30-34-19-11-4-12-20-34;;/h1-20H,21-30H2,(H,37,41)(H,38,42);2*1H. The van der Waals surface area contributed by atoms with Crippen LogP contribution < -0.4 is 10.6 Å². The highest BCUT2D eigenvalue weighted by molar-refractivity contribution is 5.85. The third-order valence-electron chi connectivity index (χ3n) is 7.05. The minimum absolute atomic E-state index is 0. The van der Waals surface area contributed by atoms with Crippen LogP contribution in [-0.4, -0.2) is 61.3 Å². The lowest BCUT2D eigenvalue weighted by molar-refractivity contribution is 0.134. The van der Waals surface area contributed by atoms with Crippen molar-refractivity contribution in [2.45, 2.75) is 26.3 Å². The van der Waals surface area contributed by atoms with Gasteiger partial charge in [-0.2, -0.15) is 0 Å². The van der Waals surface area contributed by atoms with Gasteiger partial charge in [0.2, 0.25) is 0 Å². The summed E-state index contributed by atoms with van der Waals surface area (Å²) in [4.78, 5) is 29.3. The zero-order valence-corrected chi connectivity index (χ0v) is 27.6. The summed E-state index contributed by atoms with van der Waals surface area (Å²) in [7, 11) is 0. The topological polar surface area (TPSA) is 83.1 Å². The van der Waals surface area contributed by atoms with E-state index in [1.165, 1.54) is 11.1 Å². The van der Waals surface area contributed by atoms with E-state index in [1.54, 1.807) is 0 Å². The Morgan fingerprint density at radius 3 is 1.09 bits per heavy atom. The van der Waals surface area contributed by atoms with Crippen molar-refractivity contribution in [3.05, 3.63) is 144 Å². The van der Waals surface area contributed by atoms with Crippen molar-refractivity contribution in [3.63, 3.8) is 0 Å². The van der Waals surface area contributed by atoms with Crippen LogP contribution in [0, 0.1) is 0 Å². The average molecular weight is 668 g/mol. The number of benzene rings is 4. The highest BCUT2D eigenvalue weighted by Crippen LogP contribution is 2.08. The zero-order chi connectivity index (χ0) is 30.7. The van der Waals surface area contributed by atoms with Crippen LogP contribution in [-0.2, 0) is 35.8 Å². The fourth-order valence-corrected chi connectivity index (χ4v) is 4.69. The first-order valence-electron chi connectivity index (χ1n) is 15.1. The molecule has 0 spiro atoms. The molecule has 0 saturated heterocycles. The molecule has 246 valence electrons. The number of carbonyl (C=O) groups is 2. The van der Waals surface area contributed by atoms with Crippen LogP contribution in [0.3, 0.4) is 0 Å². The summed E-state index contributed by atoms with van der Waals surface area (Å²) in [6.45, 7) is 5.81. The number of ether oxygens (including phenoxy) is 2. The predicted molar refractivity (Wildman–Crippen MR) is 187 cm³/mol. The van der Waals surface area contributed by atoms with E-state index in [1.807, 2.05) is 97.1 Å². The molecule has 2 N–H and O–H groups in total. The lowest BCUT2D eigenvalue weighted by atomic mass is 10.2. The lowest BCUT2D eigenvalue weighted by Gasteiger charge is -2.28. The number of halogens is 2. The van der Waals surface area contributed by atoms with E-state index in [2.05, 4.69) is 44.7 Å². The maximum Gasteiger partial charge on any atom is 0.407 e. The Morgan fingerprint density at radius 1 is 0.457 bits per heavy atom. The molecule has 0 aromatic heterocycles. The van der Waals surface area contributed by atoms with E-state index >= 15 is 0 Å². The van der Waals surface area contributed by atoms with Crippen molar-refractivity contribution in [3.8, 4) is 0 Å². The van der Waals surface area contributed by atoms with Crippen LogP contribution >= 0.6 is 24.8 Å². The summed E-state index contributed by atoms with van der Waals surface area (Å²) in [5.41, 5.74) is 4.31. The average Bonchev–Trinajstić information content (AvgIpc) is 3.07. The van der Waals surface area contributed by atoms with Crippen molar-refractivity contribution in [1.29, 1.82) is 0 Å². The predicted octanol–water partition coefficient (Wildman–Crippen LogP) is 6.69. The van der Waals surface area contributed by atoms with Gasteiger partial charge < -0.3 is 20.1 Å². The van der Waals surface area contributed by atoms with Crippen LogP contribution in [0.5, 0.6) is 0 Å². The van der Waals surface area contributed by atoms with Crippen molar-refractivity contribution >= 4 is 37.0 Å². The fraction of sp³-hybridized carbons (Fsp3) is 0.278. The van der Waals surface area contributed by atoms with Crippen molar-refractivity contribution in [2.24, 2.45) is 0 Å². The first-order chi connectivity index (χ1) is 21.6. The summed E-state index contributed by atoms with van der Waals surface area (Å²) in [6.07, 6.45) is -0.853. The second-order valence-corrected chi connectivity index (χ2v) is 10.5. The molecule has 0 bridgehead atoms. The van der Waals surface area contributed by atoms with Crippen LogP contribution in [0.2, 0.25) is 0 Å². The largest absolute Gasteiger partial charge is 0.445 e. The second-order valence-electron chi connectivity index (χ2n) is 10.5. The Hall–Kier alpha value is -4.08. The van der Waals surface area contributed by atoms with Crippen molar-refractivity contribution < 1.29 is 19.1 Å². The van der Waals surface area contributed by atoms with E-state index < -0.39 is 12.2 Å². The first-order valence-corrected chi connectivity index (χ1v) is 15.1. The molecule has 0 fully saturated rings.